The van der Waals surface area contributed by atoms with Gasteiger partial charge in [-0.25, -0.2) is 4.68 Å². The van der Waals surface area contributed by atoms with Gasteiger partial charge in [-0.3, -0.25) is 9.78 Å². The van der Waals surface area contributed by atoms with Crippen LogP contribution in [-0.4, -0.2) is 37.6 Å². The van der Waals surface area contributed by atoms with E-state index < -0.39 is 0 Å². The molecule has 27 heavy (non-hydrogen) atoms. The van der Waals surface area contributed by atoms with Gasteiger partial charge in [0, 0.05) is 25.0 Å². The van der Waals surface area contributed by atoms with Gasteiger partial charge in [0.05, 0.1) is 12.1 Å². The minimum atomic E-state index is -0.00360. The van der Waals surface area contributed by atoms with Crippen molar-refractivity contribution < 1.29 is 4.79 Å². The third-order valence-electron chi connectivity index (χ3n) is 4.85. The molecule has 1 amide bonds. The van der Waals surface area contributed by atoms with Gasteiger partial charge in [-0.05, 0) is 64.7 Å². The summed E-state index contributed by atoms with van der Waals surface area (Å²) in [7, 11) is 0. The number of carbonyl (C=O) groups excluding carboxylic acids is 1. The lowest BCUT2D eigenvalue weighted by Gasteiger charge is -2.21. The van der Waals surface area contributed by atoms with Gasteiger partial charge in [0.2, 0.25) is 5.91 Å². The molecule has 138 valence electrons. The van der Waals surface area contributed by atoms with E-state index in [1.54, 1.807) is 4.68 Å². The Morgan fingerprint density at radius 1 is 1.30 bits per heavy atom. The fourth-order valence-corrected chi connectivity index (χ4v) is 3.36. The van der Waals surface area contributed by atoms with E-state index in [0.29, 0.717) is 13.0 Å². The second-order valence-corrected chi connectivity index (χ2v) is 6.63. The third kappa shape index (κ3) is 3.85. The Labute approximate surface area is 157 Å². The zero-order valence-corrected chi connectivity index (χ0v) is 15.1. The van der Waals surface area contributed by atoms with Gasteiger partial charge < -0.3 is 10.6 Å². The summed E-state index contributed by atoms with van der Waals surface area (Å²) < 4.78 is 1.58. The third-order valence-corrected chi connectivity index (χ3v) is 4.85. The summed E-state index contributed by atoms with van der Waals surface area (Å²) in [6, 6.07) is 7.63. The fraction of sp³-hybridized carbons (Fsp3) is 0.316. The Bertz CT molecular complexity index is 935. The van der Waals surface area contributed by atoms with Gasteiger partial charge in [-0.15, -0.1) is 5.10 Å². The molecule has 0 saturated carbocycles. The van der Waals surface area contributed by atoms with Gasteiger partial charge in [-0.2, -0.15) is 0 Å². The number of hydrogen-bond donors (Lipinski definition) is 2. The van der Waals surface area contributed by atoms with E-state index in [9.17, 15) is 4.79 Å². The van der Waals surface area contributed by atoms with Crippen molar-refractivity contribution in [1.82, 2.24) is 35.8 Å². The topological polar surface area (TPSA) is 97.6 Å². The van der Waals surface area contributed by atoms with Gasteiger partial charge in [0.15, 0.2) is 0 Å². The minimum Gasteiger partial charge on any atom is -0.352 e. The van der Waals surface area contributed by atoms with Crippen LogP contribution in [0.2, 0.25) is 0 Å². The number of rotatable bonds is 5. The van der Waals surface area contributed by atoms with Crippen LogP contribution in [0.3, 0.4) is 0 Å². The molecule has 8 nitrogen and oxygen atoms in total. The molecule has 0 spiro atoms. The highest BCUT2D eigenvalue weighted by Crippen LogP contribution is 2.20. The number of benzene rings is 1. The van der Waals surface area contributed by atoms with Gasteiger partial charge in [0.25, 0.3) is 0 Å². The van der Waals surface area contributed by atoms with Crippen molar-refractivity contribution in [3.63, 3.8) is 0 Å². The van der Waals surface area contributed by atoms with E-state index in [0.717, 1.165) is 42.0 Å². The molecule has 1 aliphatic heterocycles. The predicted octanol–water partition coefficient (Wildman–Crippen LogP) is 0.870. The van der Waals surface area contributed by atoms with Crippen LogP contribution >= 0.6 is 0 Å². The SMILES string of the molecule is Cc1ncc2c(c1CNC(=O)Cc1ccc(-n3cnnn3)cc1)CCNC2. The van der Waals surface area contributed by atoms with Crippen molar-refractivity contribution in [3.05, 3.63) is 64.7 Å². The largest absolute Gasteiger partial charge is 0.352 e. The summed E-state index contributed by atoms with van der Waals surface area (Å²) in [5, 5.41) is 17.5. The maximum atomic E-state index is 12.4. The number of hydrogen-bond acceptors (Lipinski definition) is 6. The molecule has 2 aromatic heterocycles. The highest BCUT2D eigenvalue weighted by atomic mass is 16.1. The quantitative estimate of drug-likeness (QED) is 0.698. The highest BCUT2D eigenvalue weighted by molar-refractivity contribution is 5.78. The predicted molar refractivity (Wildman–Crippen MR) is 99.1 cm³/mol. The highest BCUT2D eigenvalue weighted by Gasteiger charge is 2.16. The van der Waals surface area contributed by atoms with E-state index in [2.05, 4.69) is 31.1 Å². The Morgan fingerprint density at radius 3 is 2.93 bits per heavy atom. The first-order valence-electron chi connectivity index (χ1n) is 8.96. The number of carbonyl (C=O) groups is 1. The van der Waals surface area contributed by atoms with Gasteiger partial charge in [0.1, 0.15) is 6.33 Å². The average molecular weight is 363 g/mol. The first-order chi connectivity index (χ1) is 13.2. The maximum Gasteiger partial charge on any atom is 0.224 e. The van der Waals surface area contributed by atoms with E-state index >= 15 is 0 Å². The molecule has 0 fully saturated rings. The lowest BCUT2D eigenvalue weighted by Crippen LogP contribution is -2.29. The lowest BCUT2D eigenvalue weighted by molar-refractivity contribution is -0.120. The van der Waals surface area contributed by atoms with E-state index in [1.807, 2.05) is 37.4 Å². The molecule has 0 unspecified atom stereocenters. The molecule has 4 rings (SSSR count). The van der Waals surface area contributed by atoms with Crippen molar-refractivity contribution in [2.24, 2.45) is 0 Å². The molecule has 1 aromatic carbocycles. The summed E-state index contributed by atoms with van der Waals surface area (Å²) in [6.45, 7) is 4.33. The summed E-state index contributed by atoms with van der Waals surface area (Å²) in [5.74, 6) is -0.00360. The number of aryl methyl sites for hydroxylation is 1. The smallest absolute Gasteiger partial charge is 0.224 e. The first kappa shape index (κ1) is 17.3. The Kier molecular flexibility index (Phi) is 4.88. The van der Waals surface area contributed by atoms with Crippen molar-refractivity contribution in [2.45, 2.75) is 32.9 Å². The van der Waals surface area contributed by atoms with Crippen LogP contribution in [-0.2, 0) is 30.7 Å². The van der Waals surface area contributed by atoms with Crippen LogP contribution in [0.4, 0.5) is 0 Å². The monoisotopic (exact) mass is 363 g/mol. The Morgan fingerprint density at radius 2 is 2.15 bits per heavy atom. The van der Waals surface area contributed by atoms with Crippen LogP contribution in [0.25, 0.3) is 5.69 Å². The lowest BCUT2D eigenvalue weighted by atomic mass is 9.96. The van der Waals surface area contributed by atoms with E-state index in [4.69, 9.17) is 0 Å². The van der Waals surface area contributed by atoms with Crippen molar-refractivity contribution in [2.75, 3.05) is 6.54 Å². The Balaban J connectivity index is 1.39. The normalized spacial score (nSPS) is 13.2. The van der Waals surface area contributed by atoms with Crippen LogP contribution in [0, 0.1) is 6.92 Å². The second-order valence-electron chi connectivity index (χ2n) is 6.63. The van der Waals surface area contributed by atoms with Crippen molar-refractivity contribution in [3.8, 4) is 5.69 Å². The minimum absolute atomic E-state index is 0.00360. The van der Waals surface area contributed by atoms with Crippen LogP contribution in [0.5, 0.6) is 0 Å². The summed E-state index contributed by atoms with van der Waals surface area (Å²) in [4.78, 5) is 16.9. The Hall–Kier alpha value is -3.13. The van der Waals surface area contributed by atoms with E-state index in [1.165, 1.54) is 17.5 Å². The molecule has 0 saturated heterocycles. The maximum absolute atomic E-state index is 12.4. The molecule has 2 N–H and O–H groups in total. The van der Waals surface area contributed by atoms with Gasteiger partial charge in [-0.1, -0.05) is 12.1 Å². The summed E-state index contributed by atoms with van der Waals surface area (Å²) in [6.07, 6.45) is 4.78. The molecule has 0 bridgehead atoms. The summed E-state index contributed by atoms with van der Waals surface area (Å²) in [5.41, 5.74) is 6.49. The van der Waals surface area contributed by atoms with E-state index in [-0.39, 0.29) is 5.91 Å². The molecule has 0 radical (unpaired) electrons. The van der Waals surface area contributed by atoms with Crippen molar-refractivity contribution >= 4 is 5.91 Å². The van der Waals surface area contributed by atoms with Gasteiger partial charge >= 0.3 is 0 Å². The zero-order chi connectivity index (χ0) is 18.6. The number of nitrogens with one attached hydrogen (secondary N) is 2. The van der Waals surface area contributed by atoms with Crippen LogP contribution < -0.4 is 10.6 Å². The standard InChI is InChI=1S/C19H21N7O/c1-13-18(17-6-7-20-9-15(17)10-21-13)11-22-19(27)8-14-2-4-16(5-3-14)26-12-23-24-25-26/h2-5,10,12,20H,6-9,11H2,1H3,(H,22,27). The molecular weight excluding hydrogens is 342 g/mol. The average Bonchev–Trinajstić information content (AvgIpc) is 3.22. The van der Waals surface area contributed by atoms with Crippen LogP contribution in [0.1, 0.15) is 27.9 Å². The van der Waals surface area contributed by atoms with Crippen LogP contribution in [0.15, 0.2) is 36.8 Å². The molecule has 3 heterocycles. The zero-order valence-electron chi connectivity index (χ0n) is 15.1. The fourth-order valence-electron chi connectivity index (χ4n) is 3.36. The molecule has 0 atom stereocenters. The van der Waals surface area contributed by atoms with Crippen molar-refractivity contribution in [1.29, 1.82) is 0 Å². The number of amides is 1. The summed E-state index contributed by atoms with van der Waals surface area (Å²) >= 11 is 0. The number of pyridine rings is 1. The second kappa shape index (κ2) is 7.63. The molecule has 0 aliphatic carbocycles. The number of nitrogens with zero attached hydrogens (tertiary/aromatic N) is 5. The molecule has 8 heteroatoms. The number of fused-ring (bicyclic) bond motifs is 1. The number of aromatic nitrogens is 5. The molecule has 3 aromatic rings. The first-order valence-corrected chi connectivity index (χ1v) is 8.96. The number of tetrazole rings is 1. The molecule has 1 aliphatic rings. The molecular formula is C19H21N7O.